The molecule has 0 spiro atoms. The lowest BCUT2D eigenvalue weighted by Crippen LogP contribution is -2.31. The number of pyridine rings is 1. The molecule has 0 amide bonds. The fourth-order valence-electron chi connectivity index (χ4n) is 2.65. The van der Waals surface area contributed by atoms with Gasteiger partial charge >= 0.3 is 0 Å². The summed E-state index contributed by atoms with van der Waals surface area (Å²) in [6.45, 7) is 1.60. The normalized spacial score (nSPS) is 13.5. The molecule has 0 unspecified atom stereocenters. The first-order valence-corrected chi connectivity index (χ1v) is 7.07. The van der Waals surface area contributed by atoms with Crippen molar-refractivity contribution in [3.63, 3.8) is 0 Å². The highest BCUT2D eigenvalue weighted by atomic mass is 35.5. The molecule has 0 aliphatic carbocycles. The van der Waals surface area contributed by atoms with Crippen molar-refractivity contribution in [2.75, 3.05) is 18.6 Å². The van der Waals surface area contributed by atoms with Gasteiger partial charge in [0.1, 0.15) is 17.6 Å². The first-order valence-electron chi connectivity index (χ1n) is 6.69. The lowest BCUT2D eigenvalue weighted by Gasteiger charge is -2.30. The molecule has 4 nitrogen and oxygen atoms in total. The Balaban J connectivity index is 1.92. The maximum Gasteiger partial charge on any atom is 0.161 e. The summed E-state index contributed by atoms with van der Waals surface area (Å²) in [5.74, 6) is 1.72. The third-order valence-corrected chi connectivity index (χ3v) is 4.01. The predicted octanol–water partition coefficient (Wildman–Crippen LogP) is 3.18. The van der Waals surface area contributed by atoms with Crippen LogP contribution in [0.2, 0.25) is 5.02 Å². The molecule has 1 aliphatic heterocycles. The van der Waals surface area contributed by atoms with E-state index in [2.05, 4.69) is 16.0 Å². The van der Waals surface area contributed by atoms with Gasteiger partial charge in [-0.1, -0.05) is 23.7 Å². The molecule has 0 fully saturated rings. The largest absolute Gasteiger partial charge is 0.496 e. The van der Waals surface area contributed by atoms with Crippen LogP contribution in [0.1, 0.15) is 16.8 Å². The fourth-order valence-corrected chi connectivity index (χ4v) is 2.80. The van der Waals surface area contributed by atoms with E-state index in [9.17, 15) is 0 Å². The van der Waals surface area contributed by atoms with Gasteiger partial charge in [-0.05, 0) is 30.2 Å². The molecule has 0 bridgehead atoms. The molecule has 3 rings (SSSR count). The Morgan fingerprint density at radius 2 is 2.19 bits per heavy atom. The van der Waals surface area contributed by atoms with Gasteiger partial charge in [-0.3, -0.25) is 0 Å². The van der Waals surface area contributed by atoms with Gasteiger partial charge in [0.25, 0.3) is 0 Å². The number of ether oxygens (including phenoxy) is 1. The number of hydrogen-bond donors (Lipinski definition) is 0. The Morgan fingerprint density at radius 3 is 2.95 bits per heavy atom. The van der Waals surface area contributed by atoms with Crippen LogP contribution in [-0.2, 0) is 13.0 Å². The zero-order chi connectivity index (χ0) is 14.8. The van der Waals surface area contributed by atoms with Crippen LogP contribution in [0.4, 0.5) is 5.82 Å². The summed E-state index contributed by atoms with van der Waals surface area (Å²) in [4.78, 5) is 6.48. The van der Waals surface area contributed by atoms with Crippen LogP contribution in [0, 0.1) is 11.3 Å². The van der Waals surface area contributed by atoms with Gasteiger partial charge in [-0.15, -0.1) is 0 Å². The number of aromatic nitrogens is 1. The monoisotopic (exact) mass is 299 g/mol. The topological polar surface area (TPSA) is 49.1 Å². The summed E-state index contributed by atoms with van der Waals surface area (Å²) < 4.78 is 5.41. The highest BCUT2D eigenvalue weighted by Crippen LogP contribution is 2.30. The first kappa shape index (κ1) is 13.7. The van der Waals surface area contributed by atoms with Gasteiger partial charge in [0.05, 0.1) is 12.1 Å². The Bertz CT molecular complexity index is 724. The van der Waals surface area contributed by atoms with Crippen LogP contribution in [0.25, 0.3) is 0 Å². The van der Waals surface area contributed by atoms with E-state index < -0.39 is 0 Å². The zero-order valence-corrected chi connectivity index (χ0v) is 12.4. The molecule has 0 atom stereocenters. The molecule has 0 radical (unpaired) electrons. The second kappa shape index (κ2) is 5.63. The summed E-state index contributed by atoms with van der Waals surface area (Å²) in [7, 11) is 1.70. The lowest BCUT2D eigenvalue weighted by molar-refractivity contribution is 0.407. The van der Waals surface area contributed by atoms with Crippen molar-refractivity contribution in [3.05, 3.63) is 52.2 Å². The van der Waals surface area contributed by atoms with Crippen LogP contribution in [0.5, 0.6) is 5.75 Å². The van der Waals surface area contributed by atoms with E-state index in [0.717, 1.165) is 31.1 Å². The van der Waals surface area contributed by atoms with Gasteiger partial charge in [-0.2, -0.15) is 5.26 Å². The maximum atomic E-state index is 9.04. The van der Waals surface area contributed by atoms with Crippen molar-refractivity contribution < 1.29 is 4.74 Å². The zero-order valence-electron chi connectivity index (χ0n) is 11.6. The van der Waals surface area contributed by atoms with Crippen LogP contribution < -0.4 is 9.64 Å². The molecule has 1 aromatic carbocycles. The molecular weight excluding hydrogens is 286 g/mol. The van der Waals surface area contributed by atoms with Crippen molar-refractivity contribution in [2.24, 2.45) is 0 Å². The second-order valence-electron chi connectivity index (χ2n) is 4.88. The molecule has 0 saturated heterocycles. The smallest absolute Gasteiger partial charge is 0.161 e. The Hall–Kier alpha value is -2.25. The summed E-state index contributed by atoms with van der Waals surface area (Å²) in [6, 6.07) is 11.7. The third-order valence-electron chi connectivity index (χ3n) is 3.70. The van der Waals surface area contributed by atoms with E-state index in [1.807, 2.05) is 24.3 Å². The highest BCUT2D eigenvalue weighted by Gasteiger charge is 2.20. The fraction of sp³-hybridized carbons (Fsp3) is 0.250. The highest BCUT2D eigenvalue weighted by molar-refractivity contribution is 6.31. The molecule has 2 heterocycles. The standard InChI is InChI=1S/C16H14ClN3O/c1-21-15-4-2-3-11-10-20(8-7-12(11)15)16-6-5-13(17)14(9-18)19-16/h2-6H,7-8,10H2,1H3. The summed E-state index contributed by atoms with van der Waals surface area (Å²) >= 11 is 5.94. The first-order chi connectivity index (χ1) is 10.2. The number of rotatable bonds is 2. The van der Waals surface area contributed by atoms with E-state index in [1.165, 1.54) is 11.1 Å². The molecule has 1 aromatic heterocycles. The SMILES string of the molecule is COc1cccc2c1CCN(c1ccc(Cl)c(C#N)n1)C2. The van der Waals surface area contributed by atoms with Gasteiger partial charge in [0, 0.05) is 18.7 Å². The molecule has 0 saturated carbocycles. The van der Waals surface area contributed by atoms with Crippen molar-refractivity contribution in [1.29, 1.82) is 5.26 Å². The molecule has 1 aliphatic rings. The quantitative estimate of drug-likeness (QED) is 0.854. The van der Waals surface area contributed by atoms with Crippen LogP contribution >= 0.6 is 11.6 Å². The lowest BCUT2D eigenvalue weighted by atomic mass is 9.98. The summed E-state index contributed by atoms with van der Waals surface area (Å²) in [5, 5.41) is 9.42. The van der Waals surface area contributed by atoms with Crippen molar-refractivity contribution in [1.82, 2.24) is 4.98 Å². The van der Waals surface area contributed by atoms with Gasteiger partial charge < -0.3 is 9.64 Å². The average Bonchev–Trinajstić information content (AvgIpc) is 2.54. The number of methoxy groups -OCH3 is 1. The summed E-state index contributed by atoms with van der Waals surface area (Å²) in [6.07, 6.45) is 0.894. The van der Waals surface area contributed by atoms with Crippen LogP contribution in [0.15, 0.2) is 30.3 Å². The molecule has 21 heavy (non-hydrogen) atoms. The van der Waals surface area contributed by atoms with E-state index in [1.54, 1.807) is 13.2 Å². The predicted molar refractivity (Wildman–Crippen MR) is 81.7 cm³/mol. The van der Waals surface area contributed by atoms with E-state index in [0.29, 0.717) is 5.02 Å². The number of anilines is 1. The Morgan fingerprint density at radius 1 is 1.33 bits per heavy atom. The number of nitriles is 1. The minimum Gasteiger partial charge on any atom is -0.496 e. The van der Waals surface area contributed by atoms with Crippen molar-refractivity contribution in [2.45, 2.75) is 13.0 Å². The van der Waals surface area contributed by atoms with Gasteiger partial charge in [0.15, 0.2) is 5.69 Å². The van der Waals surface area contributed by atoms with Crippen molar-refractivity contribution in [3.8, 4) is 11.8 Å². The van der Waals surface area contributed by atoms with E-state index in [-0.39, 0.29) is 5.69 Å². The van der Waals surface area contributed by atoms with Gasteiger partial charge in [-0.25, -0.2) is 4.98 Å². The van der Waals surface area contributed by atoms with Crippen LogP contribution in [-0.4, -0.2) is 18.6 Å². The second-order valence-corrected chi connectivity index (χ2v) is 5.29. The number of benzene rings is 1. The molecule has 5 heteroatoms. The maximum absolute atomic E-state index is 9.04. The molecule has 2 aromatic rings. The minimum atomic E-state index is 0.269. The molecular formula is C16H14ClN3O. The number of halogens is 1. The minimum absolute atomic E-state index is 0.269. The number of fused-ring (bicyclic) bond motifs is 1. The number of nitrogens with zero attached hydrogens (tertiary/aromatic N) is 3. The molecule has 0 N–H and O–H groups in total. The van der Waals surface area contributed by atoms with E-state index >= 15 is 0 Å². The summed E-state index contributed by atoms with van der Waals surface area (Å²) in [5.41, 5.74) is 2.76. The van der Waals surface area contributed by atoms with Gasteiger partial charge in [0.2, 0.25) is 0 Å². The van der Waals surface area contributed by atoms with E-state index in [4.69, 9.17) is 21.6 Å². The number of hydrogen-bond acceptors (Lipinski definition) is 4. The average molecular weight is 300 g/mol. The van der Waals surface area contributed by atoms with Crippen LogP contribution in [0.3, 0.4) is 0 Å². The Labute approximate surface area is 128 Å². The Kier molecular flexibility index (Phi) is 3.68. The third kappa shape index (κ3) is 2.53. The van der Waals surface area contributed by atoms with Crippen molar-refractivity contribution >= 4 is 17.4 Å². The molecule has 106 valence electrons.